The third kappa shape index (κ3) is 3.91. The zero-order valence-corrected chi connectivity index (χ0v) is 12.1. The molecule has 100 valence electrons. The van der Waals surface area contributed by atoms with Gasteiger partial charge in [0.2, 0.25) is 0 Å². The van der Waals surface area contributed by atoms with Crippen LogP contribution >= 0.6 is 11.6 Å². The molecule has 0 aromatic heterocycles. The minimum absolute atomic E-state index is 0.0344. The van der Waals surface area contributed by atoms with Crippen molar-refractivity contribution in [3.63, 3.8) is 0 Å². The first kappa shape index (κ1) is 14.8. The lowest BCUT2D eigenvalue weighted by molar-refractivity contribution is 0.0790. The van der Waals surface area contributed by atoms with Crippen molar-refractivity contribution in [3.05, 3.63) is 29.3 Å². The minimum atomic E-state index is -0.0344. The Kier molecular flexibility index (Phi) is 5.48. The number of ether oxygens (including phenoxy) is 1. The van der Waals surface area contributed by atoms with Crippen molar-refractivity contribution < 1.29 is 9.53 Å². The molecule has 0 spiro atoms. The van der Waals surface area contributed by atoms with Gasteiger partial charge in [0.25, 0.3) is 5.91 Å². The molecular formula is C14H20ClNO2. The molecular weight excluding hydrogens is 250 g/mol. The standard InChI is InChI=1S/C14H20ClNO2/c1-10-5-6-13(18-4)12(9-10)14(17)16(3)8-7-11(2)15/h5-6,9,11H,7-8H2,1-4H3. The van der Waals surface area contributed by atoms with Crippen LogP contribution in [0.4, 0.5) is 0 Å². The number of carbonyl (C=O) groups excluding carboxylic acids is 1. The summed E-state index contributed by atoms with van der Waals surface area (Å²) in [6, 6.07) is 5.60. The van der Waals surface area contributed by atoms with E-state index in [1.165, 1.54) is 0 Å². The summed E-state index contributed by atoms with van der Waals surface area (Å²) in [7, 11) is 3.35. The highest BCUT2D eigenvalue weighted by atomic mass is 35.5. The Morgan fingerprint density at radius 3 is 2.72 bits per heavy atom. The number of amides is 1. The minimum Gasteiger partial charge on any atom is -0.496 e. The maximum atomic E-state index is 12.3. The number of hydrogen-bond donors (Lipinski definition) is 0. The van der Waals surface area contributed by atoms with Gasteiger partial charge in [-0.05, 0) is 32.4 Å². The van der Waals surface area contributed by atoms with E-state index in [9.17, 15) is 4.79 Å². The average molecular weight is 270 g/mol. The molecule has 0 radical (unpaired) electrons. The van der Waals surface area contributed by atoms with Crippen LogP contribution in [-0.2, 0) is 0 Å². The van der Waals surface area contributed by atoms with Crippen LogP contribution in [0.1, 0.15) is 29.3 Å². The summed E-state index contributed by atoms with van der Waals surface area (Å²) < 4.78 is 5.22. The second-order valence-electron chi connectivity index (χ2n) is 4.50. The molecule has 4 heteroatoms. The van der Waals surface area contributed by atoms with Crippen molar-refractivity contribution in [2.24, 2.45) is 0 Å². The molecule has 1 atom stereocenters. The average Bonchev–Trinajstić information content (AvgIpc) is 2.34. The van der Waals surface area contributed by atoms with Gasteiger partial charge in [0.15, 0.2) is 0 Å². The van der Waals surface area contributed by atoms with Gasteiger partial charge in [0.1, 0.15) is 5.75 Å². The number of carbonyl (C=O) groups is 1. The summed E-state index contributed by atoms with van der Waals surface area (Å²) in [5.41, 5.74) is 1.64. The molecule has 0 saturated heterocycles. The summed E-state index contributed by atoms with van der Waals surface area (Å²) in [5.74, 6) is 0.573. The number of halogens is 1. The Morgan fingerprint density at radius 2 is 2.17 bits per heavy atom. The SMILES string of the molecule is COc1ccc(C)cc1C(=O)N(C)CCC(C)Cl. The molecule has 0 fully saturated rings. The molecule has 0 heterocycles. The normalized spacial score (nSPS) is 12.1. The number of benzene rings is 1. The molecule has 1 rings (SSSR count). The number of methoxy groups -OCH3 is 1. The fraction of sp³-hybridized carbons (Fsp3) is 0.500. The number of rotatable bonds is 5. The van der Waals surface area contributed by atoms with E-state index in [4.69, 9.17) is 16.3 Å². The van der Waals surface area contributed by atoms with Crippen molar-refractivity contribution in [1.29, 1.82) is 0 Å². The summed E-state index contributed by atoms with van der Waals surface area (Å²) in [5, 5.41) is 0.0691. The predicted octanol–water partition coefficient (Wildman–Crippen LogP) is 3.09. The van der Waals surface area contributed by atoms with Crippen molar-refractivity contribution in [2.45, 2.75) is 25.6 Å². The van der Waals surface area contributed by atoms with E-state index in [-0.39, 0.29) is 11.3 Å². The highest BCUT2D eigenvalue weighted by Crippen LogP contribution is 2.21. The van der Waals surface area contributed by atoms with Crippen LogP contribution in [0.2, 0.25) is 0 Å². The highest BCUT2D eigenvalue weighted by molar-refractivity contribution is 6.20. The Bertz CT molecular complexity index is 418. The summed E-state index contributed by atoms with van der Waals surface area (Å²) >= 11 is 5.89. The molecule has 1 aromatic carbocycles. The highest BCUT2D eigenvalue weighted by Gasteiger charge is 2.16. The molecule has 0 bridgehead atoms. The maximum Gasteiger partial charge on any atom is 0.257 e. The first-order valence-electron chi connectivity index (χ1n) is 6.00. The van der Waals surface area contributed by atoms with Crippen LogP contribution < -0.4 is 4.74 Å². The van der Waals surface area contributed by atoms with Crippen LogP contribution in [0.5, 0.6) is 5.75 Å². The maximum absolute atomic E-state index is 12.3. The molecule has 1 unspecified atom stereocenters. The molecule has 0 aliphatic rings. The fourth-order valence-corrected chi connectivity index (χ4v) is 1.77. The molecule has 18 heavy (non-hydrogen) atoms. The molecule has 1 amide bonds. The zero-order valence-electron chi connectivity index (χ0n) is 11.4. The van der Waals surface area contributed by atoms with E-state index in [0.717, 1.165) is 12.0 Å². The van der Waals surface area contributed by atoms with E-state index < -0.39 is 0 Å². The topological polar surface area (TPSA) is 29.5 Å². The first-order chi connectivity index (χ1) is 8.45. The van der Waals surface area contributed by atoms with Crippen LogP contribution in [0, 0.1) is 6.92 Å². The Hall–Kier alpha value is -1.22. The Morgan fingerprint density at radius 1 is 1.50 bits per heavy atom. The summed E-state index contributed by atoms with van der Waals surface area (Å²) in [6.45, 7) is 4.52. The largest absolute Gasteiger partial charge is 0.496 e. The van der Waals surface area contributed by atoms with Gasteiger partial charge in [-0.1, -0.05) is 11.6 Å². The van der Waals surface area contributed by atoms with Crippen molar-refractivity contribution in [3.8, 4) is 5.75 Å². The van der Waals surface area contributed by atoms with Gasteiger partial charge in [-0.15, -0.1) is 11.6 Å². The van der Waals surface area contributed by atoms with Gasteiger partial charge in [-0.3, -0.25) is 4.79 Å². The molecule has 0 N–H and O–H groups in total. The van der Waals surface area contributed by atoms with Crippen LogP contribution in [0.15, 0.2) is 18.2 Å². The fourth-order valence-electron chi connectivity index (χ4n) is 1.67. The van der Waals surface area contributed by atoms with E-state index in [2.05, 4.69) is 0 Å². The lowest BCUT2D eigenvalue weighted by Gasteiger charge is -2.19. The smallest absolute Gasteiger partial charge is 0.257 e. The van der Waals surface area contributed by atoms with Crippen LogP contribution in [0.25, 0.3) is 0 Å². The Balaban J connectivity index is 2.85. The first-order valence-corrected chi connectivity index (χ1v) is 6.43. The molecule has 0 saturated carbocycles. The van der Waals surface area contributed by atoms with E-state index in [1.807, 2.05) is 32.0 Å². The van der Waals surface area contributed by atoms with Gasteiger partial charge in [-0.2, -0.15) is 0 Å². The third-order valence-electron chi connectivity index (χ3n) is 2.79. The van der Waals surface area contributed by atoms with Crippen molar-refractivity contribution in [2.75, 3.05) is 20.7 Å². The second kappa shape index (κ2) is 6.64. The third-order valence-corrected chi connectivity index (χ3v) is 3.01. The summed E-state index contributed by atoms with van der Waals surface area (Å²) in [6.07, 6.45) is 0.776. The van der Waals surface area contributed by atoms with Gasteiger partial charge < -0.3 is 9.64 Å². The van der Waals surface area contributed by atoms with Crippen LogP contribution in [-0.4, -0.2) is 36.9 Å². The predicted molar refractivity (Wildman–Crippen MR) is 74.6 cm³/mol. The van der Waals surface area contributed by atoms with Gasteiger partial charge in [0.05, 0.1) is 12.7 Å². The van der Waals surface area contributed by atoms with E-state index >= 15 is 0 Å². The zero-order chi connectivity index (χ0) is 13.7. The van der Waals surface area contributed by atoms with Gasteiger partial charge in [-0.25, -0.2) is 0 Å². The number of alkyl halides is 1. The van der Waals surface area contributed by atoms with Gasteiger partial charge >= 0.3 is 0 Å². The molecule has 3 nitrogen and oxygen atoms in total. The van der Waals surface area contributed by atoms with Gasteiger partial charge in [0, 0.05) is 19.0 Å². The van der Waals surface area contributed by atoms with Crippen molar-refractivity contribution >= 4 is 17.5 Å². The quantitative estimate of drug-likeness (QED) is 0.769. The summed E-state index contributed by atoms with van der Waals surface area (Å²) in [4.78, 5) is 14.0. The lowest BCUT2D eigenvalue weighted by atomic mass is 10.1. The molecule has 0 aliphatic carbocycles. The monoisotopic (exact) mass is 269 g/mol. The van der Waals surface area contributed by atoms with Crippen molar-refractivity contribution in [1.82, 2.24) is 4.90 Å². The lowest BCUT2D eigenvalue weighted by Crippen LogP contribution is -2.29. The number of hydrogen-bond acceptors (Lipinski definition) is 2. The second-order valence-corrected chi connectivity index (χ2v) is 5.24. The Labute approximate surface area is 114 Å². The van der Waals surface area contributed by atoms with Crippen LogP contribution in [0.3, 0.4) is 0 Å². The number of aryl methyl sites for hydroxylation is 1. The van der Waals surface area contributed by atoms with E-state index in [0.29, 0.717) is 17.9 Å². The van der Waals surface area contributed by atoms with E-state index in [1.54, 1.807) is 19.1 Å². The molecule has 0 aliphatic heterocycles. The number of nitrogens with zero attached hydrogens (tertiary/aromatic N) is 1. The molecule has 1 aromatic rings.